The van der Waals surface area contributed by atoms with E-state index in [0.29, 0.717) is 21.2 Å². The molecule has 10 heteroatoms. The van der Waals surface area contributed by atoms with Crippen LogP contribution in [0.4, 0.5) is 19.0 Å². The van der Waals surface area contributed by atoms with Crippen molar-refractivity contribution < 1.29 is 13.2 Å². The Morgan fingerprint density at radius 1 is 1.07 bits per heavy atom. The first-order valence-corrected chi connectivity index (χ1v) is 8.36. The van der Waals surface area contributed by atoms with Crippen molar-refractivity contribution in [2.24, 2.45) is 0 Å². The van der Waals surface area contributed by atoms with Crippen molar-refractivity contribution in [1.82, 2.24) is 19.6 Å². The Morgan fingerprint density at radius 3 is 2.48 bits per heavy atom. The van der Waals surface area contributed by atoms with E-state index in [2.05, 4.69) is 15.1 Å². The third-order valence-corrected chi connectivity index (χ3v) is 4.84. The highest BCUT2D eigenvalue weighted by Gasteiger charge is 2.34. The fourth-order valence-electron chi connectivity index (χ4n) is 2.54. The van der Waals surface area contributed by atoms with Crippen LogP contribution in [0.2, 0.25) is 0 Å². The summed E-state index contributed by atoms with van der Waals surface area (Å²) in [4.78, 5) is 8.39. The van der Waals surface area contributed by atoms with Gasteiger partial charge in [-0.25, -0.2) is 14.5 Å². The molecule has 0 atom stereocenters. The molecule has 0 bridgehead atoms. The molecule has 1 aromatic carbocycles. The second-order valence-corrected chi connectivity index (χ2v) is 6.54. The highest BCUT2D eigenvalue weighted by atomic mass is 32.1. The van der Waals surface area contributed by atoms with Gasteiger partial charge in [-0.15, -0.1) is 0 Å². The van der Waals surface area contributed by atoms with Crippen LogP contribution in [0.15, 0.2) is 42.7 Å². The lowest BCUT2D eigenvalue weighted by Crippen LogP contribution is -2.10. The van der Waals surface area contributed by atoms with Gasteiger partial charge in [0.15, 0.2) is 0 Å². The maximum Gasteiger partial charge on any atom is 0.419 e. The number of hydrogen-bond donors (Lipinski definition) is 1. The number of benzene rings is 1. The summed E-state index contributed by atoms with van der Waals surface area (Å²) in [5, 5.41) is 13.9. The summed E-state index contributed by atoms with van der Waals surface area (Å²) in [7, 11) is 0. The van der Waals surface area contributed by atoms with Crippen LogP contribution in [0.1, 0.15) is 11.1 Å². The smallest absolute Gasteiger partial charge is 0.383 e. The van der Waals surface area contributed by atoms with E-state index in [-0.39, 0.29) is 5.56 Å². The van der Waals surface area contributed by atoms with Gasteiger partial charge in [0, 0.05) is 17.3 Å². The van der Waals surface area contributed by atoms with Gasteiger partial charge in [-0.1, -0.05) is 23.5 Å². The molecule has 0 saturated heterocycles. The van der Waals surface area contributed by atoms with Crippen molar-refractivity contribution in [1.29, 1.82) is 5.26 Å². The number of anilines is 1. The molecule has 0 unspecified atom stereocenters. The standard InChI is InChI=1S/C17H9F3N6S/c18-17(19,20)12-5-11(7-23-14(12)22)13-8-24-16-26(13)25-15(27-16)10-3-1-9(6-21)2-4-10/h1-5,7-8H,(H2,22,23). The average molecular weight is 386 g/mol. The number of nitrogens with zero attached hydrogens (tertiary/aromatic N) is 5. The molecule has 3 heterocycles. The number of alkyl halides is 3. The van der Waals surface area contributed by atoms with Gasteiger partial charge in [0.25, 0.3) is 0 Å². The van der Waals surface area contributed by atoms with Gasteiger partial charge in [0.2, 0.25) is 4.96 Å². The number of nitriles is 1. The number of nitrogens with two attached hydrogens (primary N) is 1. The predicted octanol–water partition coefficient (Wildman–Crippen LogP) is 3.99. The number of halogens is 3. The van der Waals surface area contributed by atoms with Crippen LogP contribution in [0, 0.1) is 11.3 Å². The van der Waals surface area contributed by atoms with E-state index in [0.717, 1.165) is 11.6 Å². The topological polar surface area (TPSA) is 92.9 Å². The quantitative estimate of drug-likeness (QED) is 0.562. The minimum atomic E-state index is -4.60. The van der Waals surface area contributed by atoms with E-state index in [1.807, 2.05) is 6.07 Å². The molecule has 0 amide bonds. The van der Waals surface area contributed by atoms with Crippen molar-refractivity contribution in [3.8, 4) is 27.9 Å². The van der Waals surface area contributed by atoms with Gasteiger partial charge in [0.1, 0.15) is 10.8 Å². The third kappa shape index (κ3) is 2.98. The highest BCUT2D eigenvalue weighted by Crippen LogP contribution is 2.36. The van der Waals surface area contributed by atoms with Crippen LogP contribution in [0.3, 0.4) is 0 Å². The average Bonchev–Trinajstić information content (AvgIpc) is 3.22. The zero-order valence-corrected chi connectivity index (χ0v) is 14.2. The summed E-state index contributed by atoms with van der Waals surface area (Å²) in [5.41, 5.74) is 6.24. The first kappa shape index (κ1) is 17.0. The molecule has 0 fully saturated rings. The van der Waals surface area contributed by atoms with Crippen LogP contribution < -0.4 is 5.73 Å². The lowest BCUT2D eigenvalue weighted by Gasteiger charge is -2.10. The van der Waals surface area contributed by atoms with Crippen molar-refractivity contribution in [2.45, 2.75) is 6.18 Å². The van der Waals surface area contributed by atoms with Crippen molar-refractivity contribution >= 4 is 22.1 Å². The number of imidazole rings is 1. The van der Waals surface area contributed by atoms with Crippen LogP contribution >= 0.6 is 11.3 Å². The fraction of sp³-hybridized carbons (Fsp3) is 0.0588. The Kier molecular flexibility index (Phi) is 3.82. The number of aromatic nitrogens is 4. The monoisotopic (exact) mass is 386 g/mol. The summed E-state index contributed by atoms with van der Waals surface area (Å²) in [6.45, 7) is 0. The second kappa shape index (κ2) is 6.07. The Morgan fingerprint density at radius 2 is 1.81 bits per heavy atom. The van der Waals surface area contributed by atoms with Gasteiger partial charge in [-0.2, -0.15) is 23.5 Å². The van der Waals surface area contributed by atoms with E-state index in [4.69, 9.17) is 11.0 Å². The molecule has 0 saturated carbocycles. The molecule has 0 aliphatic carbocycles. The summed E-state index contributed by atoms with van der Waals surface area (Å²) in [6, 6.07) is 9.81. The third-order valence-electron chi connectivity index (χ3n) is 3.87. The first-order chi connectivity index (χ1) is 12.9. The lowest BCUT2D eigenvalue weighted by atomic mass is 10.1. The zero-order chi connectivity index (χ0) is 19.2. The number of fused-ring (bicyclic) bond motifs is 1. The molecule has 4 aromatic rings. The van der Waals surface area contributed by atoms with Gasteiger partial charge < -0.3 is 5.73 Å². The van der Waals surface area contributed by atoms with Gasteiger partial charge in [0.05, 0.1) is 29.1 Å². The molecular weight excluding hydrogens is 377 g/mol. The largest absolute Gasteiger partial charge is 0.419 e. The number of hydrogen-bond acceptors (Lipinski definition) is 6. The van der Waals surface area contributed by atoms with E-state index < -0.39 is 17.6 Å². The Bertz CT molecular complexity index is 1180. The lowest BCUT2D eigenvalue weighted by molar-refractivity contribution is -0.137. The number of pyridine rings is 1. The maximum atomic E-state index is 13.1. The summed E-state index contributed by atoms with van der Waals surface area (Å²) >= 11 is 1.28. The van der Waals surface area contributed by atoms with Gasteiger partial charge in [-0.05, 0) is 18.2 Å². The number of rotatable bonds is 2. The number of nitrogen functional groups attached to an aromatic ring is 1. The Hall–Kier alpha value is -3.45. The molecule has 4 rings (SSSR count). The normalized spacial score (nSPS) is 11.6. The van der Waals surface area contributed by atoms with Gasteiger partial charge >= 0.3 is 6.18 Å². The summed E-state index contributed by atoms with van der Waals surface area (Å²) in [6.07, 6.45) is -1.91. The van der Waals surface area contributed by atoms with Crippen LogP contribution in [-0.4, -0.2) is 19.6 Å². The van der Waals surface area contributed by atoms with Crippen LogP contribution in [0.5, 0.6) is 0 Å². The molecule has 27 heavy (non-hydrogen) atoms. The molecule has 0 aliphatic rings. The van der Waals surface area contributed by atoms with E-state index in [1.54, 1.807) is 24.3 Å². The maximum absolute atomic E-state index is 13.1. The molecule has 3 aromatic heterocycles. The Balaban J connectivity index is 1.80. The van der Waals surface area contributed by atoms with Crippen molar-refractivity contribution in [2.75, 3.05) is 5.73 Å². The molecular formula is C17H9F3N6S. The molecule has 0 aliphatic heterocycles. The van der Waals surface area contributed by atoms with Crippen molar-refractivity contribution in [3.63, 3.8) is 0 Å². The molecule has 0 radical (unpaired) electrons. The molecule has 0 spiro atoms. The molecule has 2 N–H and O–H groups in total. The van der Waals surface area contributed by atoms with Crippen LogP contribution in [0.25, 0.3) is 26.8 Å². The fourth-order valence-corrected chi connectivity index (χ4v) is 3.42. The van der Waals surface area contributed by atoms with Crippen LogP contribution in [-0.2, 0) is 6.18 Å². The summed E-state index contributed by atoms with van der Waals surface area (Å²) < 4.78 is 40.7. The molecule has 6 nitrogen and oxygen atoms in total. The van der Waals surface area contributed by atoms with Gasteiger partial charge in [-0.3, -0.25) is 0 Å². The van der Waals surface area contributed by atoms with E-state index in [9.17, 15) is 13.2 Å². The van der Waals surface area contributed by atoms with Crippen molar-refractivity contribution in [3.05, 3.63) is 53.9 Å². The first-order valence-electron chi connectivity index (χ1n) is 7.55. The SMILES string of the molecule is N#Cc1ccc(-c2nn3c(-c4cnc(N)c(C(F)(F)F)c4)cnc3s2)cc1. The van der Waals surface area contributed by atoms with E-state index >= 15 is 0 Å². The Labute approximate surface area is 154 Å². The minimum absolute atomic E-state index is 0.209. The molecule has 134 valence electrons. The zero-order valence-electron chi connectivity index (χ0n) is 13.4. The predicted molar refractivity (Wildman–Crippen MR) is 93.7 cm³/mol. The minimum Gasteiger partial charge on any atom is -0.383 e. The van der Waals surface area contributed by atoms with E-state index in [1.165, 1.54) is 28.2 Å². The summed E-state index contributed by atoms with van der Waals surface area (Å²) in [5.74, 6) is -0.580. The highest BCUT2D eigenvalue weighted by molar-refractivity contribution is 7.19. The second-order valence-electron chi connectivity index (χ2n) is 5.59.